The van der Waals surface area contributed by atoms with Crippen molar-refractivity contribution in [3.8, 4) is 11.5 Å². The zero-order valence-electron chi connectivity index (χ0n) is 24.9. The lowest BCUT2D eigenvalue weighted by molar-refractivity contribution is -0.128. The molecule has 8 nitrogen and oxygen atoms in total. The summed E-state index contributed by atoms with van der Waals surface area (Å²) >= 11 is 0. The highest BCUT2D eigenvalue weighted by atomic mass is 16.5. The van der Waals surface area contributed by atoms with E-state index in [1.165, 1.54) is 0 Å². The topological polar surface area (TPSA) is 112 Å². The standard InChI is InChI=1S/C31H52N2O6/c1-20(2)23(12-22-8-9-28(37-6)29(13-22)39-11-7-10-36-5)14-26(32)27(34)15-25(21(3)4)30(35)33-18-31-16-24(31)17-38-19-31/h8-9,13,20-21,23-27,34H,7,10-12,14-19,32H2,1-6H3,(H,33,35). The molecule has 222 valence electrons. The smallest absolute Gasteiger partial charge is 0.223 e. The fourth-order valence-electron chi connectivity index (χ4n) is 5.77. The molecular weight excluding hydrogens is 496 g/mol. The van der Waals surface area contributed by atoms with E-state index in [9.17, 15) is 9.90 Å². The number of hydrogen-bond donors (Lipinski definition) is 3. The van der Waals surface area contributed by atoms with Gasteiger partial charge in [0.25, 0.3) is 0 Å². The van der Waals surface area contributed by atoms with Crippen molar-refractivity contribution in [1.29, 1.82) is 0 Å². The molecule has 0 aromatic heterocycles. The Bertz CT molecular complexity index is 909. The van der Waals surface area contributed by atoms with Crippen LogP contribution in [0.25, 0.3) is 0 Å². The van der Waals surface area contributed by atoms with Gasteiger partial charge in [-0.15, -0.1) is 0 Å². The lowest BCUT2D eigenvalue weighted by Gasteiger charge is -2.30. The van der Waals surface area contributed by atoms with E-state index in [1.54, 1.807) is 14.2 Å². The van der Waals surface area contributed by atoms with Crippen LogP contribution in [-0.4, -0.2) is 70.4 Å². The number of nitrogens with one attached hydrogen (secondary N) is 1. The van der Waals surface area contributed by atoms with Crippen molar-refractivity contribution >= 4 is 5.91 Å². The third-order valence-corrected chi connectivity index (χ3v) is 8.81. The Morgan fingerprint density at radius 2 is 1.92 bits per heavy atom. The number of ether oxygens (including phenoxy) is 4. The van der Waals surface area contributed by atoms with Gasteiger partial charge in [0.05, 0.1) is 33.0 Å². The molecule has 1 amide bonds. The highest BCUT2D eigenvalue weighted by Crippen LogP contribution is 2.56. The molecule has 0 bridgehead atoms. The summed E-state index contributed by atoms with van der Waals surface area (Å²) in [5, 5.41) is 14.3. The molecule has 4 N–H and O–H groups in total. The van der Waals surface area contributed by atoms with Gasteiger partial charge in [-0.05, 0) is 67.1 Å². The summed E-state index contributed by atoms with van der Waals surface area (Å²) in [5.74, 6) is 2.51. The molecule has 1 aromatic carbocycles. The maximum atomic E-state index is 13.1. The number of fused-ring (bicyclic) bond motifs is 1. The van der Waals surface area contributed by atoms with Crippen molar-refractivity contribution < 1.29 is 28.8 Å². The van der Waals surface area contributed by atoms with Gasteiger partial charge in [0.2, 0.25) is 5.91 Å². The monoisotopic (exact) mass is 548 g/mol. The average molecular weight is 549 g/mol. The Morgan fingerprint density at radius 1 is 1.15 bits per heavy atom. The first kappa shape index (κ1) is 31.7. The van der Waals surface area contributed by atoms with E-state index in [0.717, 1.165) is 43.8 Å². The van der Waals surface area contributed by atoms with Crippen molar-refractivity contribution in [2.75, 3.05) is 47.2 Å². The minimum absolute atomic E-state index is 0.0137. The molecule has 2 fully saturated rings. The summed E-state index contributed by atoms with van der Waals surface area (Å²) in [6, 6.07) is 5.64. The second-order valence-electron chi connectivity index (χ2n) is 12.4. The number of amides is 1. The molecule has 1 saturated carbocycles. The van der Waals surface area contributed by atoms with E-state index in [0.29, 0.717) is 50.2 Å². The molecular formula is C31H52N2O6. The minimum Gasteiger partial charge on any atom is -0.493 e. The number of hydrogen-bond acceptors (Lipinski definition) is 7. The Morgan fingerprint density at radius 3 is 2.51 bits per heavy atom. The number of aliphatic hydroxyl groups is 1. The van der Waals surface area contributed by atoms with Gasteiger partial charge in [-0.3, -0.25) is 4.79 Å². The molecule has 1 aliphatic heterocycles. The summed E-state index contributed by atoms with van der Waals surface area (Å²) in [6.45, 7) is 11.9. The number of carbonyl (C=O) groups excluding carboxylic acids is 1. The minimum atomic E-state index is -0.749. The summed E-state index contributed by atoms with van der Waals surface area (Å²) in [6.07, 6.45) is 3.04. The Balaban J connectivity index is 1.56. The maximum Gasteiger partial charge on any atom is 0.223 e. The molecule has 8 heteroatoms. The second-order valence-corrected chi connectivity index (χ2v) is 12.4. The first-order chi connectivity index (χ1) is 18.6. The van der Waals surface area contributed by atoms with Crippen molar-refractivity contribution in [3.05, 3.63) is 23.8 Å². The van der Waals surface area contributed by atoms with Gasteiger partial charge >= 0.3 is 0 Å². The third kappa shape index (κ3) is 8.81. The predicted octanol–water partition coefficient (Wildman–Crippen LogP) is 3.82. The van der Waals surface area contributed by atoms with Gasteiger partial charge in [0, 0.05) is 44.1 Å². The number of aliphatic hydroxyl groups excluding tert-OH is 1. The largest absolute Gasteiger partial charge is 0.493 e. The van der Waals surface area contributed by atoms with E-state index < -0.39 is 12.1 Å². The molecule has 3 rings (SSSR count). The van der Waals surface area contributed by atoms with Gasteiger partial charge in [0.1, 0.15) is 0 Å². The van der Waals surface area contributed by atoms with Crippen LogP contribution in [0.5, 0.6) is 11.5 Å². The molecule has 2 aliphatic rings. The van der Waals surface area contributed by atoms with Crippen molar-refractivity contribution in [2.45, 2.75) is 71.9 Å². The van der Waals surface area contributed by atoms with E-state index in [1.807, 2.05) is 26.0 Å². The number of nitrogens with two attached hydrogens (primary N) is 1. The Kier molecular flexibility index (Phi) is 11.9. The van der Waals surface area contributed by atoms with Crippen LogP contribution in [0.4, 0.5) is 0 Å². The number of carbonyl (C=O) groups is 1. The predicted molar refractivity (Wildman–Crippen MR) is 153 cm³/mol. The Hall–Kier alpha value is -1.87. The molecule has 1 aliphatic carbocycles. The molecule has 1 aromatic rings. The lowest BCUT2D eigenvalue weighted by atomic mass is 9.80. The van der Waals surface area contributed by atoms with Gasteiger partial charge in [-0.1, -0.05) is 33.8 Å². The van der Waals surface area contributed by atoms with Gasteiger partial charge in [-0.25, -0.2) is 0 Å². The van der Waals surface area contributed by atoms with Crippen LogP contribution in [0.2, 0.25) is 0 Å². The molecule has 1 saturated heterocycles. The fourth-order valence-corrected chi connectivity index (χ4v) is 5.77. The zero-order chi connectivity index (χ0) is 28.6. The molecule has 1 heterocycles. The summed E-state index contributed by atoms with van der Waals surface area (Å²) in [7, 11) is 3.33. The molecule has 6 atom stereocenters. The fraction of sp³-hybridized carbons (Fsp3) is 0.774. The third-order valence-electron chi connectivity index (χ3n) is 8.81. The molecule has 0 radical (unpaired) electrons. The van der Waals surface area contributed by atoms with Crippen LogP contribution < -0.4 is 20.5 Å². The summed E-state index contributed by atoms with van der Waals surface area (Å²) in [4.78, 5) is 13.1. The van der Waals surface area contributed by atoms with Crippen LogP contribution >= 0.6 is 0 Å². The highest BCUT2D eigenvalue weighted by molar-refractivity contribution is 5.79. The summed E-state index contributed by atoms with van der Waals surface area (Å²) in [5.41, 5.74) is 7.86. The SMILES string of the molecule is COCCCOc1cc(CC(CC(N)C(O)CC(C(=O)NCC23COCC2C3)C(C)C)C(C)C)ccc1OC. The van der Waals surface area contributed by atoms with Crippen LogP contribution in [0.15, 0.2) is 18.2 Å². The summed E-state index contributed by atoms with van der Waals surface area (Å²) < 4.78 is 22.1. The van der Waals surface area contributed by atoms with Gasteiger partial charge in [0.15, 0.2) is 11.5 Å². The first-order valence-electron chi connectivity index (χ1n) is 14.7. The Labute approximate surface area is 235 Å². The van der Waals surface area contributed by atoms with Gasteiger partial charge in [-0.2, -0.15) is 0 Å². The molecule has 6 unspecified atom stereocenters. The van der Waals surface area contributed by atoms with E-state index in [-0.39, 0.29) is 29.1 Å². The van der Waals surface area contributed by atoms with E-state index in [2.05, 4.69) is 25.2 Å². The second kappa shape index (κ2) is 14.7. The zero-order valence-corrected chi connectivity index (χ0v) is 24.9. The van der Waals surface area contributed by atoms with Crippen molar-refractivity contribution in [3.63, 3.8) is 0 Å². The van der Waals surface area contributed by atoms with Crippen molar-refractivity contribution in [2.24, 2.45) is 40.7 Å². The van der Waals surface area contributed by atoms with Gasteiger partial charge < -0.3 is 35.1 Å². The molecule has 39 heavy (non-hydrogen) atoms. The van der Waals surface area contributed by atoms with E-state index >= 15 is 0 Å². The maximum absolute atomic E-state index is 13.1. The lowest BCUT2D eigenvalue weighted by Crippen LogP contribution is -2.43. The molecule has 0 spiro atoms. The number of methoxy groups -OCH3 is 2. The normalized spacial score (nSPS) is 23.3. The van der Waals surface area contributed by atoms with E-state index in [4.69, 9.17) is 24.7 Å². The van der Waals surface area contributed by atoms with Crippen LogP contribution in [0, 0.1) is 35.0 Å². The van der Waals surface area contributed by atoms with Crippen LogP contribution in [0.3, 0.4) is 0 Å². The quantitative estimate of drug-likeness (QED) is 0.239. The van der Waals surface area contributed by atoms with Crippen LogP contribution in [0.1, 0.15) is 58.9 Å². The van der Waals surface area contributed by atoms with Crippen LogP contribution in [-0.2, 0) is 20.7 Å². The average Bonchev–Trinajstić information content (AvgIpc) is 3.45. The number of rotatable bonds is 18. The van der Waals surface area contributed by atoms with Crippen molar-refractivity contribution in [1.82, 2.24) is 5.32 Å². The number of benzene rings is 1. The first-order valence-corrected chi connectivity index (χ1v) is 14.7. The highest BCUT2D eigenvalue weighted by Gasteiger charge is 2.58.